The number of likely N-dealkylation sites (N-methyl/N-ethyl adjacent to an activating group) is 2. The van der Waals surface area contributed by atoms with Gasteiger partial charge < -0.3 is 14.5 Å². The Morgan fingerprint density at radius 3 is 2.72 bits per heavy atom. The van der Waals surface area contributed by atoms with E-state index in [0.717, 1.165) is 67.5 Å². The van der Waals surface area contributed by atoms with Crippen LogP contribution in [0.25, 0.3) is 10.2 Å². The Balaban J connectivity index is 1.73. The number of aromatic nitrogens is 2. The van der Waals surface area contributed by atoms with Gasteiger partial charge in [0.15, 0.2) is 0 Å². The molecule has 1 amide bonds. The Morgan fingerprint density at radius 2 is 2.00 bits per heavy atom. The molecule has 29 heavy (non-hydrogen) atoms. The van der Waals surface area contributed by atoms with Gasteiger partial charge in [-0.15, -0.1) is 11.3 Å². The number of rotatable bonds is 5. The summed E-state index contributed by atoms with van der Waals surface area (Å²) in [5.41, 5.74) is 1.40. The predicted octanol–water partition coefficient (Wildman–Crippen LogP) is 2.17. The fraction of sp³-hybridized carbons (Fsp3) is 0.667. The first-order valence-electron chi connectivity index (χ1n) is 10.4. The Bertz CT molecular complexity index is 891. The highest BCUT2D eigenvalue weighted by molar-refractivity contribution is 7.19. The van der Waals surface area contributed by atoms with Crippen LogP contribution in [0.3, 0.4) is 0 Å². The molecule has 0 unspecified atom stereocenters. The number of hydrogen-bond acceptors (Lipinski definition) is 7. The van der Waals surface area contributed by atoms with E-state index in [9.17, 15) is 4.79 Å². The molecule has 0 saturated carbocycles. The van der Waals surface area contributed by atoms with Crippen LogP contribution in [0, 0.1) is 5.92 Å². The molecular formula is C21H31N5O2S. The minimum atomic E-state index is 0.0757. The molecule has 0 N–H and O–H groups in total. The van der Waals surface area contributed by atoms with E-state index in [0.29, 0.717) is 12.5 Å². The highest BCUT2D eigenvalue weighted by atomic mass is 32.1. The highest BCUT2D eigenvalue weighted by Crippen LogP contribution is 2.40. The van der Waals surface area contributed by atoms with Crippen LogP contribution in [0.1, 0.15) is 29.6 Å². The average molecular weight is 418 g/mol. The lowest BCUT2D eigenvalue weighted by Gasteiger charge is -2.27. The average Bonchev–Trinajstić information content (AvgIpc) is 3.05. The lowest BCUT2D eigenvalue weighted by atomic mass is 9.89. The molecule has 7 nitrogen and oxygen atoms in total. The summed E-state index contributed by atoms with van der Waals surface area (Å²) in [6, 6.07) is 0. The van der Waals surface area contributed by atoms with Gasteiger partial charge in [0.05, 0.1) is 31.7 Å². The van der Waals surface area contributed by atoms with Crippen LogP contribution in [0.15, 0.2) is 0 Å². The highest BCUT2D eigenvalue weighted by Gasteiger charge is 2.26. The molecule has 158 valence electrons. The van der Waals surface area contributed by atoms with Crippen molar-refractivity contribution in [3.8, 4) is 0 Å². The molecule has 8 heteroatoms. The molecule has 2 aromatic heterocycles. The first-order chi connectivity index (χ1) is 13.9. The van der Waals surface area contributed by atoms with Crippen LogP contribution >= 0.6 is 11.3 Å². The monoisotopic (exact) mass is 417 g/mol. The summed E-state index contributed by atoms with van der Waals surface area (Å²) in [5.74, 6) is 2.53. The van der Waals surface area contributed by atoms with E-state index >= 15 is 0 Å². The second-order valence-corrected chi connectivity index (χ2v) is 9.61. The van der Waals surface area contributed by atoms with Gasteiger partial charge in [0.1, 0.15) is 16.5 Å². The van der Waals surface area contributed by atoms with Crippen LogP contribution in [-0.2, 0) is 28.9 Å². The van der Waals surface area contributed by atoms with Crippen molar-refractivity contribution in [1.29, 1.82) is 0 Å². The zero-order valence-corrected chi connectivity index (χ0v) is 18.7. The largest absolute Gasteiger partial charge is 0.379 e. The SMILES string of the molecule is C[C@H]1CCc2c(sc3nc(CN4CCOCC4)nc(N(C)CC(=O)N(C)C)c23)C1. The third-order valence-corrected chi connectivity index (χ3v) is 7.03. The molecule has 0 radical (unpaired) electrons. The van der Waals surface area contributed by atoms with Gasteiger partial charge in [0.2, 0.25) is 5.91 Å². The van der Waals surface area contributed by atoms with Crippen molar-refractivity contribution in [2.75, 3.05) is 58.9 Å². The van der Waals surface area contributed by atoms with Crippen molar-refractivity contribution in [1.82, 2.24) is 19.8 Å². The number of carbonyl (C=O) groups excluding carboxylic acids is 1. The summed E-state index contributed by atoms with van der Waals surface area (Å²) in [6.07, 6.45) is 3.40. The number of anilines is 1. The van der Waals surface area contributed by atoms with Crippen molar-refractivity contribution < 1.29 is 9.53 Å². The van der Waals surface area contributed by atoms with Crippen LogP contribution in [0.5, 0.6) is 0 Å². The van der Waals surface area contributed by atoms with Crippen molar-refractivity contribution in [3.63, 3.8) is 0 Å². The Kier molecular flexibility index (Phi) is 6.03. The number of morpholine rings is 1. The third-order valence-electron chi connectivity index (χ3n) is 5.88. The maximum atomic E-state index is 12.4. The lowest BCUT2D eigenvalue weighted by Crippen LogP contribution is -2.37. The van der Waals surface area contributed by atoms with Crippen molar-refractivity contribution in [2.24, 2.45) is 5.92 Å². The summed E-state index contributed by atoms with van der Waals surface area (Å²) in [4.78, 5) is 30.8. The smallest absolute Gasteiger partial charge is 0.241 e. The summed E-state index contributed by atoms with van der Waals surface area (Å²) < 4.78 is 5.47. The van der Waals surface area contributed by atoms with Gasteiger partial charge in [-0.05, 0) is 30.7 Å². The second-order valence-electron chi connectivity index (χ2n) is 8.53. The van der Waals surface area contributed by atoms with Gasteiger partial charge in [-0.25, -0.2) is 9.97 Å². The summed E-state index contributed by atoms with van der Waals surface area (Å²) in [7, 11) is 5.56. The van der Waals surface area contributed by atoms with E-state index in [1.54, 1.807) is 19.0 Å². The Hall–Kier alpha value is -1.77. The molecule has 2 aliphatic rings. The molecule has 0 aromatic carbocycles. The Morgan fingerprint density at radius 1 is 1.24 bits per heavy atom. The van der Waals surface area contributed by atoms with Crippen LogP contribution in [-0.4, -0.2) is 79.7 Å². The molecule has 1 saturated heterocycles. The number of carbonyl (C=O) groups is 1. The zero-order chi connectivity index (χ0) is 20.5. The predicted molar refractivity (Wildman–Crippen MR) is 117 cm³/mol. The Labute approximate surface area is 176 Å². The molecule has 0 spiro atoms. The fourth-order valence-corrected chi connectivity index (χ4v) is 5.49. The first-order valence-corrected chi connectivity index (χ1v) is 11.3. The number of nitrogens with zero attached hydrogens (tertiary/aromatic N) is 5. The van der Waals surface area contributed by atoms with E-state index in [1.807, 2.05) is 23.3 Å². The first kappa shape index (κ1) is 20.5. The van der Waals surface area contributed by atoms with Crippen LogP contribution in [0.4, 0.5) is 5.82 Å². The van der Waals surface area contributed by atoms with Crippen LogP contribution < -0.4 is 4.90 Å². The number of aryl methyl sites for hydroxylation is 1. The molecule has 0 bridgehead atoms. The van der Waals surface area contributed by atoms with Gasteiger partial charge in [-0.1, -0.05) is 6.92 Å². The van der Waals surface area contributed by atoms with Crippen molar-refractivity contribution in [3.05, 3.63) is 16.3 Å². The van der Waals surface area contributed by atoms with Crippen LogP contribution in [0.2, 0.25) is 0 Å². The molecule has 2 aromatic rings. The van der Waals surface area contributed by atoms with E-state index in [1.165, 1.54) is 16.9 Å². The maximum Gasteiger partial charge on any atom is 0.241 e. The van der Waals surface area contributed by atoms with Crippen molar-refractivity contribution >= 4 is 33.3 Å². The molecule has 1 fully saturated rings. The number of amides is 1. The maximum absolute atomic E-state index is 12.4. The van der Waals surface area contributed by atoms with E-state index in [-0.39, 0.29) is 5.91 Å². The molecular weight excluding hydrogens is 386 g/mol. The standard InChI is InChI=1S/C21H31N5O2S/c1-14-5-6-15-16(11-14)29-21-19(15)20(25(4)13-18(27)24(2)3)22-17(23-21)12-26-7-9-28-10-8-26/h14H,5-13H2,1-4H3/t14-/m0/s1. The van der Waals surface area contributed by atoms with Gasteiger partial charge in [-0.2, -0.15) is 0 Å². The minimum Gasteiger partial charge on any atom is -0.379 e. The normalized spacial score (nSPS) is 19.9. The molecule has 1 aliphatic carbocycles. The molecule has 4 rings (SSSR count). The van der Waals surface area contributed by atoms with Gasteiger partial charge in [-0.3, -0.25) is 9.69 Å². The lowest BCUT2D eigenvalue weighted by molar-refractivity contribution is -0.127. The fourth-order valence-electron chi connectivity index (χ4n) is 4.09. The topological polar surface area (TPSA) is 61.8 Å². The minimum absolute atomic E-state index is 0.0757. The summed E-state index contributed by atoms with van der Waals surface area (Å²) >= 11 is 1.82. The molecule has 1 atom stereocenters. The quantitative estimate of drug-likeness (QED) is 0.743. The van der Waals surface area contributed by atoms with Gasteiger partial charge in [0.25, 0.3) is 0 Å². The van der Waals surface area contributed by atoms with E-state index in [4.69, 9.17) is 14.7 Å². The zero-order valence-electron chi connectivity index (χ0n) is 17.9. The van der Waals surface area contributed by atoms with E-state index < -0.39 is 0 Å². The van der Waals surface area contributed by atoms with E-state index in [2.05, 4.69) is 11.8 Å². The number of fused-ring (bicyclic) bond motifs is 3. The summed E-state index contributed by atoms with van der Waals surface area (Å²) in [6.45, 7) is 6.70. The number of thiophene rings is 1. The van der Waals surface area contributed by atoms with Gasteiger partial charge >= 0.3 is 0 Å². The molecule has 1 aliphatic heterocycles. The number of ether oxygens (including phenoxy) is 1. The van der Waals surface area contributed by atoms with Crippen molar-refractivity contribution in [2.45, 2.75) is 32.7 Å². The molecule has 3 heterocycles. The second kappa shape index (κ2) is 8.53. The third kappa shape index (κ3) is 4.39. The summed E-state index contributed by atoms with van der Waals surface area (Å²) in [5, 5.41) is 1.16. The number of hydrogen-bond donors (Lipinski definition) is 0. The van der Waals surface area contributed by atoms with Gasteiger partial charge in [0, 0.05) is 39.1 Å².